The van der Waals surface area contributed by atoms with Gasteiger partial charge in [0.25, 0.3) is 0 Å². The maximum Gasteiger partial charge on any atom is 0.222 e. The van der Waals surface area contributed by atoms with Gasteiger partial charge in [0.2, 0.25) is 5.91 Å². The van der Waals surface area contributed by atoms with Crippen LogP contribution in [0.15, 0.2) is 41.4 Å². The van der Waals surface area contributed by atoms with Gasteiger partial charge in [0.1, 0.15) is 0 Å². The highest BCUT2D eigenvalue weighted by Gasteiger charge is 2.10. The van der Waals surface area contributed by atoms with Crippen molar-refractivity contribution >= 4 is 34.2 Å². The summed E-state index contributed by atoms with van der Waals surface area (Å²) in [5.74, 6) is -0.0723. The molecule has 1 amide bonds. The first kappa shape index (κ1) is 16.2. The summed E-state index contributed by atoms with van der Waals surface area (Å²) < 4.78 is 0.745. The van der Waals surface area contributed by atoms with Crippen molar-refractivity contribution in [3.8, 4) is 0 Å². The molecule has 0 bridgehead atoms. The van der Waals surface area contributed by atoms with Crippen LogP contribution in [0.2, 0.25) is 0 Å². The van der Waals surface area contributed by atoms with E-state index >= 15 is 0 Å². The van der Waals surface area contributed by atoms with Crippen molar-refractivity contribution in [2.75, 3.05) is 6.54 Å². The van der Waals surface area contributed by atoms with Crippen LogP contribution in [0.4, 0.5) is 0 Å². The molecular formula is C12H16BrClN2O. The van der Waals surface area contributed by atoms with E-state index in [-0.39, 0.29) is 30.8 Å². The number of rotatable bonds is 5. The van der Waals surface area contributed by atoms with E-state index in [2.05, 4.69) is 27.8 Å². The molecule has 1 rings (SSSR count). The van der Waals surface area contributed by atoms with Crippen LogP contribution < -0.4 is 11.1 Å². The van der Waals surface area contributed by atoms with Crippen molar-refractivity contribution in [2.24, 2.45) is 5.73 Å². The predicted molar refractivity (Wildman–Crippen MR) is 76.3 cm³/mol. The molecule has 1 aromatic carbocycles. The molecule has 94 valence electrons. The molecule has 3 N–H and O–H groups in total. The van der Waals surface area contributed by atoms with Crippen LogP contribution >= 0.6 is 28.3 Å². The Balaban J connectivity index is 0.00000256. The first-order valence-corrected chi connectivity index (χ1v) is 5.79. The van der Waals surface area contributed by atoms with Crippen molar-refractivity contribution < 1.29 is 4.79 Å². The third-order valence-corrected chi connectivity index (χ3v) is 2.39. The summed E-state index contributed by atoms with van der Waals surface area (Å²) in [6, 6.07) is 9.32. The van der Waals surface area contributed by atoms with Crippen LogP contribution in [0.5, 0.6) is 0 Å². The molecule has 5 heteroatoms. The van der Waals surface area contributed by atoms with Crippen LogP contribution in [0, 0.1) is 0 Å². The second-order valence-electron chi connectivity index (χ2n) is 3.52. The van der Waals surface area contributed by atoms with Gasteiger partial charge in [0, 0.05) is 23.5 Å². The fraction of sp³-hybridized carbons (Fsp3) is 0.250. The molecule has 1 aromatic rings. The molecule has 1 unspecified atom stereocenters. The maximum absolute atomic E-state index is 11.5. The predicted octanol–water partition coefficient (Wildman–Crippen LogP) is 2.52. The molecule has 0 radical (unpaired) electrons. The number of benzene rings is 1. The number of halogens is 2. The Morgan fingerprint density at radius 2 is 2.00 bits per heavy atom. The minimum Gasteiger partial charge on any atom is -0.351 e. The fourth-order valence-corrected chi connectivity index (χ4v) is 1.42. The summed E-state index contributed by atoms with van der Waals surface area (Å²) in [7, 11) is 0. The first-order valence-electron chi connectivity index (χ1n) is 5.00. The van der Waals surface area contributed by atoms with Crippen molar-refractivity contribution in [3.05, 3.63) is 47.0 Å². The number of carbonyl (C=O) groups is 1. The summed E-state index contributed by atoms with van der Waals surface area (Å²) in [5, 5.41) is 2.72. The van der Waals surface area contributed by atoms with Crippen LogP contribution in [-0.2, 0) is 4.79 Å². The van der Waals surface area contributed by atoms with E-state index in [1.807, 2.05) is 30.3 Å². The lowest BCUT2D eigenvalue weighted by Gasteiger charge is -2.11. The number of hydrogen-bond acceptors (Lipinski definition) is 2. The highest BCUT2D eigenvalue weighted by atomic mass is 79.9. The van der Waals surface area contributed by atoms with Crippen LogP contribution in [-0.4, -0.2) is 12.5 Å². The van der Waals surface area contributed by atoms with Gasteiger partial charge in [-0.25, -0.2) is 0 Å². The van der Waals surface area contributed by atoms with Gasteiger partial charge in [-0.05, 0) is 5.56 Å². The van der Waals surface area contributed by atoms with E-state index in [9.17, 15) is 4.79 Å². The lowest BCUT2D eigenvalue weighted by Crippen LogP contribution is -2.28. The summed E-state index contributed by atoms with van der Waals surface area (Å²) >= 11 is 3.17. The first-order chi connectivity index (χ1) is 7.59. The Morgan fingerprint density at radius 1 is 1.41 bits per heavy atom. The smallest absolute Gasteiger partial charge is 0.222 e. The SMILES string of the molecule is C=C(Br)CNC(=O)CC(N)c1ccccc1.Cl. The second kappa shape index (κ2) is 8.28. The normalized spacial score (nSPS) is 11.2. The molecule has 1 atom stereocenters. The lowest BCUT2D eigenvalue weighted by atomic mass is 10.0. The quantitative estimate of drug-likeness (QED) is 0.876. The van der Waals surface area contributed by atoms with Crippen molar-refractivity contribution in [3.63, 3.8) is 0 Å². The van der Waals surface area contributed by atoms with E-state index in [1.165, 1.54) is 0 Å². The average molecular weight is 320 g/mol. The van der Waals surface area contributed by atoms with Crippen molar-refractivity contribution in [1.82, 2.24) is 5.32 Å². The summed E-state index contributed by atoms with van der Waals surface area (Å²) in [4.78, 5) is 11.5. The van der Waals surface area contributed by atoms with Gasteiger partial charge in [0.15, 0.2) is 0 Å². The van der Waals surface area contributed by atoms with Gasteiger partial charge >= 0.3 is 0 Å². The zero-order valence-corrected chi connectivity index (χ0v) is 11.8. The molecule has 3 nitrogen and oxygen atoms in total. The minimum atomic E-state index is -0.259. The Kier molecular flexibility index (Phi) is 7.87. The minimum absolute atomic E-state index is 0. The third kappa shape index (κ3) is 6.46. The highest BCUT2D eigenvalue weighted by molar-refractivity contribution is 9.11. The van der Waals surface area contributed by atoms with Gasteiger partial charge in [-0.2, -0.15) is 0 Å². The Bertz CT molecular complexity index is 370. The molecule has 0 heterocycles. The Morgan fingerprint density at radius 3 is 2.53 bits per heavy atom. The molecule has 17 heavy (non-hydrogen) atoms. The van der Waals surface area contributed by atoms with E-state index < -0.39 is 0 Å². The van der Waals surface area contributed by atoms with Crippen molar-refractivity contribution in [2.45, 2.75) is 12.5 Å². The average Bonchev–Trinajstić information content (AvgIpc) is 2.27. The molecule has 0 fully saturated rings. The van der Waals surface area contributed by atoms with E-state index in [0.29, 0.717) is 6.54 Å². The topological polar surface area (TPSA) is 55.1 Å². The number of amides is 1. The van der Waals surface area contributed by atoms with E-state index in [0.717, 1.165) is 10.0 Å². The van der Waals surface area contributed by atoms with Crippen LogP contribution in [0.25, 0.3) is 0 Å². The molecule has 0 aliphatic carbocycles. The van der Waals surface area contributed by atoms with Crippen LogP contribution in [0.3, 0.4) is 0 Å². The Hall–Kier alpha value is -0.840. The third-order valence-electron chi connectivity index (χ3n) is 2.11. The van der Waals surface area contributed by atoms with E-state index in [4.69, 9.17) is 5.73 Å². The summed E-state index contributed by atoms with van der Waals surface area (Å²) in [6.07, 6.45) is 0.282. The van der Waals surface area contributed by atoms with Gasteiger partial charge in [0.05, 0.1) is 0 Å². The molecular weight excluding hydrogens is 304 g/mol. The molecule has 0 aliphatic heterocycles. The van der Waals surface area contributed by atoms with E-state index in [1.54, 1.807) is 0 Å². The number of nitrogens with one attached hydrogen (secondary N) is 1. The molecule has 0 saturated carbocycles. The summed E-state index contributed by atoms with van der Waals surface area (Å²) in [5.41, 5.74) is 6.88. The number of nitrogens with two attached hydrogens (primary N) is 1. The van der Waals surface area contributed by atoms with Gasteiger partial charge in [-0.15, -0.1) is 12.4 Å². The van der Waals surface area contributed by atoms with Gasteiger partial charge in [-0.3, -0.25) is 4.79 Å². The standard InChI is InChI=1S/C12H15BrN2O.ClH/c1-9(13)8-15-12(16)7-11(14)10-5-3-2-4-6-10;/h2-6,11H,1,7-8,14H2,(H,15,16);1H. The summed E-state index contributed by atoms with van der Waals surface area (Å²) in [6.45, 7) is 4.07. The highest BCUT2D eigenvalue weighted by Crippen LogP contribution is 2.12. The molecule has 0 spiro atoms. The fourth-order valence-electron chi connectivity index (χ4n) is 1.28. The lowest BCUT2D eigenvalue weighted by molar-refractivity contribution is -0.121. The van der Waals surface area contributed by atoms with Gasteiger partial charge < -0.3 is 11.1 Å². The number of hydrogen-bond donors (Lipinski definition) is 2. The molecule has 0 aromatic heterocycles. The second-order valence-corrected chi connectivity index (χ2v) is 4.64. The largest absolute Gasteiger partial charge is 0.351 e. The van der Waals surface area contributed by atoms with Crippen LogP contribution in [0.1, 0.15) is 18.0 Å². The van der Waals surface area contributed by atoms with Crippen molar-refractivity contribution in [1.29, 1.82) is 0 Å². The maximum atomic E-state index is 11.5. The van der Waals surface area contributed by atoms with Gasteiger partial charge in [-0.1, -0.05) is 52.8 Å². The monoisotopic (exact) mass is 318 g/mol. The number of carbonyl (C=O) groups excluding carboxylic acids is 1. The zero-order chi connectivity index (χ0) is 12.0. The molecule has 0 saturated heterocycles. The zero-order valence-electron chi connectivity index (χ0n) is 9.36. The molecule has 0 aliphatic rings. The Labute approximate surface area is 116 Å².